The Morgan fingerprint density at radius 3 is 2.42 bits per heavy atom. The minimum Gasteiger partial charge on any atom is -0.312 e. The second-order valence-electron chi connectivity index (χ2n) is 7.07. The lowest BCUT2D eigenvalue weighted by Crippen LogP contribution is -2.58. The second-order valence-corrected chi connectivity index (χ2v) is 8.48. The molecule has 2 aliphatic heterocycles. The molecule has 3 atom stereocenters. The van der Waals surface area contributed by atoms with Gasteiger partial charge in [0.05, 0.1) is 0 Å². The van der Waals surface area contributed by atoms with E-state index in [9.17, 15) is 0 Å². The van der Waals surface area contributed by atoms with Crippen LogP contribution in [0.15, 0.2) is 0 Å². The Balaban J connectivity index is 1.55. The smallest absolute Gasteiger partial charge is 0.0172 e. The van der Waals surface area contributed by atoms with E-state index in [2.05, 4.69) is 35.8 Å². The molecule has 3 fully saturated rings. The first kappa shape index (κ1) is 14.2. The molecule has 0 radical (unpaired) electrons. The van der Waals surface area contributed by atoms with E-state index < -0.39 is 0 Å². The second kappa shape index (κ2) is 6.36. The normalized spacial score (nSPS) is 39.9. The number of hydrogen-bond acceptors (Lipinski definition) is 3. The van der Waals surface area contributed by atoms with E-state index >= 15 is 0 Å². The molecule has 19 heavy (non-hydrogen) atoms. The first-order valence-corrected chi connectivity index (χ1v) is 9.38. The Morgan fingerprint density at radius 2 is 1.84 bits per heavy atom. The summed E-state index contributed by atoms with van der Waals surface area (Å²) in [6.45, 7) is 8.66. The van der Waals surface area contributed by atoms with Gasteiger partial charge in [0, 0.05) is 37.0 Å². The van der Waals surface area contributed by atoms with Crippen LogP contribution in [0.25, 0.3) is 0 Å². The number of likely N-dealkylation sites (tertiary alicyclic amines) is 1. The Hall–Kier alpha value is 0.270. The van der Waals surface area contributed by atoms with E-state index in [0.717, 1.165) is 29.2 Å². The number of thioether (sulfide) groups is 1. The van der Waals surface area contributed by atoms with Gasteiger partial charge >= 0.3 is 0 Å². The average molecular weight is 282 g/mol. The molecule has 2 nitrogen and oxygen atoms in total. The van der Waals surface area contributed by atoms with Gasteiger partial charge in [0.15, 0.2) is 0 Å². The van der Waals surface area contributed by atoms with Crippen LogP contribution in [-0.2, 0) is 0 Å². The largest absolute Gasteiger partial charge is 0.312 e. The molecular formula is C16H30N2S. The van der Waals surface area contributed by atoms with Gasteiger partial charge in [0.25, 0.3) is 0 Å². The highest BCUT2D eigenvalue weighted by atomic mass is 32.2. The molecule has 3 heteroatoms. The van der Waals surface area contributed by atoms with E-state index in [0.29, 0.717) is 0 Å². The van der Waals surface area contributed by atoms with Crippen LogP contribution in [-0.4, -0.2) is 47.6 Å². The number of nitrogens with zero attached hydrogens (tertiary/aromatic N) is 1. The Bertz CT molecular complexity index is 274. The van der Waals surface area contributed by atoms with Crippen LogP contribution in [0.1, 0.15) is 46.0 Å². The third-order valence-electron chi connectivity index (χ3n) is 5.44. The molecule has 3 rings (SSSR count). The lowest BCUT2D eigenvalue weighted by atomic mass is 9.73. The highest BCUT2D eigenvalue weighted by Crippen LogP contribution is 2.36. The molecule has 0 aromatic heterocycles. The van der Waals surface area contributed by atoms with Crippen LogP contribution in [0.2, 0.25) is 0 Å². The molecule has 1 N–H and O–H groups in total. The van der Waals surface area contributed by atoms with Crippen molar-refractivity contribution in [2.75, 3.05) is 25.4 Å². The van der Waals surface area contributed by atoms with E-state index in [4.69, 9.17) is 0 Å². The summed E-state index contributed by atoms with van der Waals surface area (Å²) in [5.41, 5.74) is 0. The van der Waals surface area contributed by atoms with E-state index in [1.54, 1.807) is 0 Å². The van der Waals surface area contributed by atoms with Crippen molar-refractivity contribution in [1.82, 2.24) is 10.2 Å². The first-order chi connectivity index (χ1) is 9.24. The first-order valence-electron chi connectivity index (χ1n) is 8.33. The van der Waals surface area contributed by atoms with Gasteiger partial charge < -0.3 is 10.2 Å². The highest BCUT2D eigenvalue weighted by Gasteiger charge is 2.39. The molecule has 1 saturated carbocycles. The zero-order valence-corrected chi connectivity index (χ0v) is 13.4. The van der Waals surface area contributed by atoms with Crippen LogP contribution >= 0.6 is 11.8 Å². The number of rotatable bonds is 4. The highest BCUT2D eigenvalue weighted by molar-refractivity contribution is 8.00. The minimum atomic E-state index is 0.731. The molecule has 110 valence electrons. The molecule has 0 aromatic rings. The summed E-state index contributed by atoms with van der Waals surface area (Å²) in [5, 5.41) is 4.88. The molecule has 3 unspecified atom stereocenters. The van der Waals surface area contributed by atoms with Crippen LogP contribution in [0, 0.1) is 11.8 Å². The summed E-state index contributed by atoms with van der Waals surface area (Å²) < 4.78 is 0. The zero-order chi connectivity index (χ0) is 13.2. The third kappa shape index (κ3) is 3.30. The van der Waals surface area contributed by atoms with Gasteiger partial charge in [0.2, 0.25) is 0 Å². The number of piperidine rings is 1. The van der Waals surface area contributed by atoms with Gasteiger partial charge in [0.1, 0.15) is 0 Å². The summed E-state index contributed by atoms with van der Waals surface area (Å²) in [5.74, 6) is 3.23. The molecule has 1 aliphatic carbocycles. The topological polar surface area (TPSA) is 15.3 Å². The molecule has 3 aliphatic rings. The van der Waals surface area contributed by atoms with Crippen molar-refractivity contribution in [3.05, 3.63) is 0 Å². The number of hydrogen-bond donors (Lipinski definition) is 1. The quantitative estimate of drug-likeness (QED) is 0.853. The molecule has 0 spiro atoms. The average Bonchev–Trinajstić information content (AvgIpc) is 2.88. The minimum absolute atomic E-state index is 0.731. The van der Waals surface area contributed by atoms with Crippen LogP contribution in [0.5, 0.6) is 0 Å². The summed E-state index contributed by atoms with van der Waals surface area (Å²) in [6.07, 6.45) is 7.26. The fourth-order valence-corrected chi connectivity index (χ4v) is 5.51. The van der Waals surface area contributed by atoms with Crippen molar-refractivity contribution in [1.29, 1.82) is 0 Å². The lowest BCUT2D eigenvalue weighted by molar-refractivity contribution is 0.0299. The summed E-state index contributed by atoms with van der Waals surface area (Å²) in [7, 11) is 0. The predicted molar refractivity (Wildman–Crippen MR) is 84.8 cm³/mol. The van der Waals surface area contributed by atoms with E-state index in [1.165, 1.54) is 57.5 Å². The Morgan fingerprint density at radius 1 is 1.11 bits per heavy atom. The molecule has 2 heterocycles. The number of nitrogens with one attached hydrogen (secondary N) is 1. The third-order valence-corrected chi connectivity index (χ3v) is 6.84. The van der Waals surface area contributed by atoms with Crippen LogP contribution < -0.4 is 5.32 Å². The van der Waals surface area contributed by atoms with Crippen molar-refractivity contribution in [2.45, 2.75) is 63.3 Å². The fourth-order valence-electron chi connectivity index (χ4n) is 4.30. The van der Waals surface area contributed by atoms with Gasteiger partial charge in [-0.05, 0) is 57.1 Å². The van der Waals surface area contributed by atoms with Crippen LogP contribution in [0.4, 0.5) is 0 Å². The maximum absolute atomic E-state index is 3.98. The molecular weight excluding hydrogens is 252 g/mol. The molecule has 2 bridgehead atoms. The Kier molecular flexibility index (Phi) is 4.76. The van der Waals surface area contributed by atoms with Crippen molar-refractivity contribution >= 4 is 11.8 Å². The standard InChI is InChI=1S/C16H30N2S/c1-12(2)18-10-13-5-3-6-14(11-18)16(13)17-9-15-7-4-8-19-15/h12-17H,3-11H2,1-2H3. The molecule has 0 aromatic carbocycles. The predicted octanol–water partition coefficient (Wildman–Crippen LogP) is 2.98. The van der Waals surface area contributed by atoms with Gasteiger partial charge in [-0.1, -0.05) is 6.42 Å². The summed E-state index contributed by atoms with van der Waals surface area (Å²) >= 11 is 2.19. The van der Waals surface area contributed by atoms with Crippen molar-refractivity contribution in [3.63, 3.8) is 0 Å². The SMILES string of the molecule is CC(C)N1CC2CCCC(C1)C2NCC1CCCS1. The van der Waals surface area contributed by atoms with Gasteiger partial charge in [-0.3, -0.25) is 0 Å². The van der Waals surface area contributed by atoms with E-state index in [1.807, 2.05) is 0 Å². The monoisotopic (exact) mass is 282 g/mol. The lowest BCUT2D eigenvalue weighted by Gasteiger charge is -2.49. The zero-order valence-electron chi connectivity index (χ0n) is 12.6. The van der Waals surface area contributed by atoms with Crippen molar-refractivity contribution in [2.24, 2.45) is 11.8 Å². The maximum atomic E-state index is 3.98. The van der Waals surface area contributed by atoms with Crippen molar-refractivity contribution < 1.29 is 0 Å². The number of fused-ring (bicyclic) bond motifs is 2. The fraction of sp³-hybridized carbons (Fsp3) is 1.00. The van der Waals surface area contributed by atoms with E-state index in [-0.39, 0.29) is 0 Å². The van der Waals surface area contributed by atoms with Crippen LogP contribution in [0.3, 0.4) is 0 Å². The molecule has 0 amide bonds. The van der Waals surface area contributed by atoms with Gasteiger partial charge in [-0.25, -0.2) is 0 Å². The maximum Gasteiger partial charge on any atom is 0.0172 e. The summed E-state index contributed by atoms with van der Waals surface area (Å²) in [4.78, 5) is 2.72. The molecule has 2 saturated heterocycles. The van der Waals surface area contributed by atoms with Gasteiger partial charge in [-0.15, -0.1) is 0 Å². The Labute approximate surface area is 123 Å². The van der Waals surface area contributed by atoms with Gasteiger partial charge in [-0.2, -0.15) is 11.8 Å². The van der Waals surface area contributed by atoms with Crippen molar-refractivity contribution in [3.8, 4) is 0 Å². The summed E-state index contributed by atoms with van der Waals surface area (Å²) in [6, 6.07) is 1.55.